The first-order valence-corrected chi connectivity index (χ1v) is 6.06. The maximum atomic E-state index is 11.6. The number of aromatic nitrogens is 2. The van der Waals surface area contributed by atoms with Gasteiger partial charge < -0.3 is 15.4 Å². The van der Waals surface area contributed by atoms with Gasteiger partial charge >= 0.3 is 0 Å². The van der Waals surface area contributed by atoms with Gasteiger partial charge in [0.1, 0.15) is 5.75 Å². The maximum absolute atomic E-state index is 11.6. The molecule has 0 aliphatic rings. The SMILES string of the molecule is CC(=O)c1cc(N)ccc1Oc1ccnc(N(C)C)n1. The van der Waals surface area contributed by atoms with Gasteiger partial charge in [0.15, 0.2) is 5.78 Å². The molecular formula is C14H16N4O2. The van der Waals surface area contributed by atoms with Crippen LogP contribution >= 0.6 is 0 Å². The van der Waals surface area contributed by atoms with E-state index >= 15 is 0 Å². The first-order chi connectivity index (χ1) is 9.47. The number of carbonyl (C=O) groups excluding carboxylic acids is 1. The number of nitrogen functional groups attached to an aromatic ring is 1. The van der Waals surface area contributed by atoms with Gasteiger partial charge in [-0.15, -0.1) is 0 Å². The van der Waals surface area contributed by atoms with Crippen molar-refractivity contribution in [1.82, 2.24) is 9.97 Å². The number of ether oxygens (including phenoxy) is 1. The summed E-state index contributed by atoms with van der Waals surface area (Å²) < 4.78 is 5.66. The van der Waals surface area contributed by atoms with Crippen molar-refractivity contribution in [3.8, 4) is 11.6 Å². The molecule has 0 aliphatic carbocycles. The topological polar surface area (TPSA) is 81.3 Å². The number of Topliss-reactive ketones (excluding diaryl/α,β-unsaturated/α-hetero) is 1. The molecule has 6 nitrogen and oxygen atoms in total. The molecule has 1 aromatic heterocycles. The van der Waals surface area contributed by atoms with E-state index in [2.05, 4.69) is 9.97 Å². The molecule has 0 aliphatic heterocycles. The van der Waals surface area contributed by atoms with E-state index in [0.717, 1.165) is 0 Å². The van der Waals surface area contributed by atoms with Gasteiger partial charge in [-0.1, -0.05) is 0 Å². The van der Waals surface area contributed by atoms with Crippen molar-refractivity contribution in [2.45, 2.75) is 6.92 Å². The molecular weight excluding hydrogens is 256 g/mol. The fourth-order valence-electron chi connectivity index (χ4n) is 1.63. The number of nitrogens with two attached hydrogens (primary N) is 1. The number of hydrogen-bond donors (Lipinski definition) is 1. The Kier molecular flexibility index (Phi) is 3.84. The van der Waals surface area contributed by atoms with E-state index in [9.17, 15) is 4.79 Å². The monoisotopic (exact) mass is 272 g/mol. The first kappa shape index (κ1) is 13.8. The van der Waals surface area contributed by atoms with Crippen molar-refractivity contribution in [1.29, 1.82) is 0 Å². The minimum absolute atomic E-state index is 0.116. The second kappa shape index (κ2) is 5.56. The molecule has 2 N–H and O–H groups in total. The Bertz CT molecular complexity index is 641. The normalized spacial score (nSPS) is 10.2. The van der Waals surface area contributed by atoms with Crippen LogP contribution in [0.25, 0.3) is 0 Å². The molecule has 0 amide bonds. The third-order valence-electron chi connectivity index (χ3n) is 2.61. The highest BCUT2D eigenvalue weighted by molar-refractivity contribution is 5.97. The summed E-state index contributed by atoms with van der Waals surface area (Å²) in [6.45, 7) is 1.47. The zero-order valence-corrected chi connectivity index (χ0v) is 11.6. The average Bonchev–Trinajstić information content (AvgIpc) is 2.41. The third-order valence-corrected chi connectivity index (χ3v) is 2.61. The maximum Gasteiger partial charge on any atom is 0.228 e. The molecule has 0 bridgehead atoms. The van der Waals surface area contributed by atoms with Crippen molar-refractivity contribution in [3.05, 3.63) is 36.0 Å². The summed E-state index contributed by atoms with van der Waals surface area (Å²) in [5, 5.41) is 0. The zero-order chi connectivity index (χ0) is 14.7. The molecule has 2 aromatic rings. The largest absolute Gasteiger partial charge is 0.438 e. The van der Waals surface area contributed by atoms with Crippen LogP contribution in [0.2, 0.25) is 0 Å². The van der Waals surface area contributed by atoms with E-state index in [0.29, 0.717) is 28.8 Å². The fraction of sp³-hybridized carbons (Fsp3) is 0.214. The molecule has 0 spiro atoms. The molecule has 0 saturated carbocycles. The van der Waals surface area contributed by atoms with Crippen LogP contribution in [0.4, 0.5) is 11.6 Å². The first-order valence-electron chi connectivity index (χ1n) is 6.06. The van der Waals surface area contributed by atoms with Gasteiger partial charge in [0.2, 0.25) is 11.8 Å². The fourth-order valence-corrected chi connectivity index (χ4v) is 1.63. The van der Waals surface area contributed by atoms with Crippen LogP contribution in [0.15, 0.2) is 30.5 Å². The second-order valence-electron chi connectivity index (χ2n) is 4.50. The van der Waals surface area contributed by atoms with Crippen molar-refractivity contribution in [2.24, 2.45) is 0 Å². The molecule has 0 unspecified atom stereocenters. The Morgan fingerprint density at radius 3 is 2.70 bits per heavy atom. The number of nitrogens with zero attached hydrogens (tertiary/aromatic N) is 3. The van der Waals surface area contributed by atoms with Gasteiger partial charge in [0.25, 0.3) is 0 Å². The van der Waals surface area contributed by atoms with E-state index in [1.807, 2.05) is 14.1 Å². The minimum Gasteiger partial charge on any atom is -0.438 e. The van der Waals surface area contributed by atoms with Gasteiger partial charge in [0, 0.05) is 32.0 Å². The number of rotatable bonds is 4. The van der Waals surface area contributed by atoms with Gasteiger partial charge in [-0.3, -0.25) is 4.79 Å². The van der Waals surface area contributed by atoms with Crippen molar-refractivity contribution in [3.63, 3.8) is 0 Å². The van der Waals surface area contributed by atoms with Crippen LogP contribution in [0.5, 0.6) is 11.6 Å². The third kappa shape index (κ3) is 3.03. The van der Waals surface area contributed by atoms with Gasteiger partial charge in [-0.2, -0.15) is 4.98 Å². The molecule has 0 atom stereocenters. The molecule has 0 radical (unpaired) electrons. The van der Waals surface area contributed by atoms with E-state index in [1.54, 1.807) is 35.4 Å². The lowest BCUT2D eigenvalue weighted by Crippen LogP contribution is -2.12. The molecule has 1 heterocycles. The molecule has 6 heteroatoms. The van der Waals surface area contributed by atoms with Gasteiger partial charge in [0.05, 0.1) is 5.56 Å². The van der Waals surface area contributed by atoms with Gasteiger partial charge in [-0.25, -0.2) is 4.98 Å². The summed E-state index contributed by atoms with van der Waals surface area (Å²) in [5.74, 6) is 1.21. The van der Waals surface area contributed by atoms with E-state index in [1.165, 1.54) is 6.92 Å². The predicted octanol–water partition coefficient (Wildman–Crippen LogP) is 2.12. The standard InChI is InChI=1S/C14H16N4O2/c1-9(19)11-8-10(15)4-5-12(11)20-13-6-7-16-14(17-13)18(2)3/h4-8H,15H2,1-3H3. The van der Waals surface area contributed by atoms with E-state index in [-0.39, 0.29) is 5.78 Å². The molecule has 2 rings (SSSR count). The minimum atomic E-state index is -0.116. The summed E-state index contributed by atoms with van der Waals surface area (Å²) in [5.41, 5.74) is 6.62. The van der Waals surface area contributed by atoms with Crippen molar-refractivity contribution < 1.29 is 9.53 Å². The molecule has 0 saturated heterocycles. The summed E-state index contributed by atoms with van der Waals surface area (Å²) in [7, 11) is 3.67. The molecule has 20 heavy (non-hydrogen) atoms. The Morgan fingerprint density at radius 2 is 2.05 bits per heavy atom. The molecule has 104 valence electrons. The Morgan fingerprint density at radius 1 is 1.30 bits per heavy atom. The van der Waals surface area contributed by atoms with Crippen LogP contribution in [0, 0.1) is 0 Å². The highest BCUT2D eigenvalue weighted by atomic mass is 16.5. The summed E-state index contributed by atoms with van der Waals surface area (Å²) in [4.78, 5) is 21.7. The zero-order valence-electron chi connectivity index (χ0n) is 11.6. The highest BCUT2D eigenvalue weighted by Gasteiger charge is 2.11. The Hall–Kier alpha value is -2.63. The Labute approximate surface area is 117 Å². The van der Waals surface area contributed by atoms with E-state index < -0.39 is 0 Å². The van der Waals surface area contributed by atoms with Crippen LogP contribution in [-0.4, -0.2) is 29.8 Å². The Balaban J connectivity index is 2.35. The number of carbonyl (C=O) groups is 1. The lowest BCUT2D eigenvalue weighted by molar-refractivity contribution is 0.101. The summed E-state index contributed by atoms with van der Waals surface area (Å²) in [6, 6.07) is 6.55. The lowest BCUT2D eigenvalue weighted by Gasteiger charge is -2.12. The predicted molar refractivity (Wildman–Crippen MR) is 77.3 cm³/mol. The van der Waals surface area contributed by atoms with E-state index in [4.69, 9.17) is 10.5 Å². The van der Waals surface area contributed by atoms with Crippen LogP contribution in [-0.2, 0) is 0 Å². The number of anilines is 2. The second-order valence-corrected chi connectivity index (χ2v) is 4.50. The van der Waals surface area contributed by atoms with Gasteiger partial charge in [-0.05, 0) is 25.1 Å². The van der Waals surface area contributed by atoms with Crippen molar-refractivity contribution in [2.75, 3.05) is 24.7 Å². The average molecular weight is 272 g/mol. The molecule has 0 fully saturated rings. The van der Waals surface area contributed by atoms with Crippen LogP contribution in [0.1, 0.15) is 17.3 Å². The number of hydrogen-bond acceptors (Lipinski definition) is 6. The smallest absolute Gasteiger partial charge is 0.228 e. The summed E-state index contributed by atoms with van der Waals surface area (Å²) in [6.07, 6.45) is 1.60. The summed E-state index contributed by atoms with van der Waals surface area (Å²) >= 11 is 0. The number of ketones is 1. The van der Waals surface area contributed by atoms with Crippen LogP contribution in [0.3, 0.4) is 0 Å². The van der Waals surface area contributed by atoms with Crippen LogP contribution < -0.4 is 15.4 Å². The lowest BCUT2D eigenvalue weighted by atomic mass is 10.1. The number of benzene rings is 1. The quantitative estimate of drug-likeness (QED) is 0.678. The molecule has 1 aromatic carbocycles. The highest BCUT2D eigenvalue weighted by Crippen LogP contribution is 2.26. The van der Waals surface area contributed by atoms with Crippen molar-refractivity contribution >= 4 is 17.4 Å².